The summed E-state index contributed by atoms with van der Waals surface area (Å²) in [4.78, 5) is 24.4. The lowest BCUT2D eigenvalue weighted by molar-refractivity contribution is 0.0832. The molecule has 26 heavy (non-hydrogen) atoms. The molecule has 0 aliphatic rings. The molecule has 1 heterocycles. The molecule has 0 radical (unpaired) electrons. The molecule has 0 atom stereocenters. The maximum absolute atomic E-state index is 12.2. The van der Waals surface area contributed by atoms with Gasteiger partial charge in [0.25, 0.3) is 5.91 Å². The molecule has 0 saturated heterocycles. The molecule has 3 aromatic rings. The summed E-state index contributed by atoms with van der Waals surface area (Å²) in [5.74, 6) is -0.175. The second kappa shape index (κ2) is 7.37. The molecule has 0 bridgehead atoms. The average molecular weight is 375 g/mol. The van der Waals surface area contributed by atoms with Gasteiger partial charge in [0.05, 0.1) is 14.2 Å². The number of hydrazine groups is 1. The number of carbonyl (C=O) groups is 2. The first-order valence-corrected chi connectivity index (χ1v) is 7.91. The first-order valence-electron chi connectivity index (χ1n) is 7.53. The lowest BCUT2D eigenvalue weighted by atomic mass is 10.2. The number of furan rings is 1. The number of fused-ring (bicyclic) bond motifs is 1. The van der Waals surface area contributed by atoms with Crippen LogP contribution in [0.3, 0.4) is 0 Å². The highest BCUT2D eigenvalue weighted by molar-refractivity contribution is 6.31. The smallest absolute Gasteiger partial charge is 0.305 e. The summed E-state index contributed by atoms with van der Waals surface area (Å²) in [6.45, 7) is 0. The third-order valence-electron chi connectivity index (χ3n) is 3.61. The lowest BCUT2D eigenvalue weighted by Crippen LogP contribution is -2.41. The zero-order valence-electron chi connectivity index (χ0n) is 14.0. The van der Waals surface area contributed by atoms with E-state index in [1.54, 1.807) is 24.3 Å². The number of benzene rings is 2. The minimum atomic E-state index is -0.597. The van der Waals surface area contributed by atoms with E-state index in [9.17, 15) is 9.59 Å². The molecule has 0 fully saturated rings. The lowest BCUT2D eigenvalue weighted by Gasteiger charge is -2.09. The monoisotopic (exact) mass is 374 g/mol. The molecule has 2 N–H and O–H groups in total. The van der Waals surface area contributed by atoms with Gasteiger partial charge in [-0.15, -0.1) is 0 Å². The van der Waals surface area contributed by atoms with Gasteiger partial charge in [-0.25, -0.2) is 0 Å². The molecule has 0 unspecified atom stereocenters. The highest BCUT2D eigenvalue weighted by Crippen LogP contribution is 2.23. The van der Waals surface area contributed by atoms with Crippen LogP contribution < -0.4 is 20.3 Å². The van der Waals surface area contributed by atoms with Crippen molar-refractivity contribution in [2.45, 2.75) is 0 Å². The van der Waals surface area contributed by atoms with Crippen LogP contribution in [0.25, 0.3) is 11.0 Å². The van der Waals surface area contributed by atoms with E-state index >= 15 is 0 Å². The van der Waals surface area contributed by atoms with E-state index in [1.165, 1.54) is 32.4 Å². The van der Waals surface area contributed by atoms with Crippen molar-refractivity contribution in [2.24, 2.45) is 0 Å². The van der Waals surface area contributed by atoms with Gasteiger partial charge in [-0.1, -0.05) is 11.6 Å². The molecule has 8 heteroatoms. The van der Waals surface area contributed by atoms with Gasteiger partial charge >= 0.3 is 5.91 Å². The largest absolute Gasteiger partial charge is 0.497 e. The normalized spacial score (nSPS) is 10.4. The molecule has 0 spiro atoms. The predicted molar refractivity (Wildman–Crippen MR) is 95.7 cm³/mol. The van der Waals surface area contributed by atoms with Crippen LogP contribution in [0, 0.1) is 0 Å². The Morgan fingerprint density at radius 2 is 1.58 bits per heavy atom. The molecule has 0 aliphatic heterocycles. The van der Waals surface area contributed by atoms with Crippen molar-refractivity contribution in [3.05, 3.63) is 58.8 Å². The first kappa shape index (κ1) is 17.6. The Morgan fingerprint density at radius 3 is 2.23 bits per heavy atom. The van der Waals surface area contributed by atoms with E-state index < -0.39 is 11.8 Å². The molecule has 0 saturated carbocycles. The summed E-state index contributed by atoms with van der Waals surface area (Å²) in [6.07, 6.45) is 0. The Bertz CT molecular complexity index is 961. The van der Waals surface area contributed by atoms with Crippen LogP contribution >= 0.6 is 11.6 Å². The van der Waals surface area contributed by atoms with E-state index in [1.807, 2.05) is 0 Å². The summed E-state index contributed by atoms with van der Waals surface area (Å²) in [6, 6.07) is 11.2. The van der Waals surface area contributed by atoms with Crippen LogP contribution in [0.2, 0.25) is 5.02 Å². The van der Waals surface area contributed by atoms with E-state index in [0.29, 0.717) is 27.5 Å². The Labute approximate surface area is 153 Å². The van der Waals surface area contributed by atoms with Crippen LogP contribution in [-0.4, -0.2) is 26.0 Å². The summed E-state index contributed by atoms with van der Waals surface area (Å²) in [7, 11) is 2.96. The van der Waals surface area contributed by atoms with Gasteiger partial charge in [-0.2, -0.15) is 0 Å². The molecule has 134 valence electrons. The predicted octanol–water partition coefficient (Wildman–Crippen LogP) is 3.18. The molecule has 2 aromatic carbocycles. The summed E-state index contributed by atoms with van der Waals surface area (Å²) in [5, 5.41) is 1.22. The van der Waals surface area contributed by atoms with Gasteiger partial charge in [0.2, 0.25) is 0 Å². The number of carbonyl (C=O) groups excluding carboxylic acids is 2. The third kappa shape index (κ3) is 3.73. The molecular formula is C18H15ClN2O5. The molecule has 1 aromatic heterocycles. The van der Waals surface area contributed by atoms with Gasteiger partial charge in [-0.05, 0) is 36.4 Å². The Balaban J connectivity index is 1.71. The van der Waals surface area contributed by atoms with Crippen LogP contribution in [0.5, 0.6) is 11.5 Å². The second-order valence-corrected chi connectivity index (χ2v) is 5.74. The van der Waals surface area contributed by atoms with Crippen LogP contribution in [0.4, 0.5) is 0 Å². The molecule has 2 amide bonds. The zero-order valence-corrected chi connectivity index (χ0v) is 14.7. The SMILES string of the molecule is COc1cc(OC)cc(C(=O)NNC(=O)c2cc3cc(Cl)ccc3o2)c1. The zero-order chi connectivity index (χ0) is 18.7. The van der Waals surface area contributed by atoms with Crippen molar-refractivity contribution in [2.75, 3.05) is 14.2 Å². The number of methoxy groups -OCH3 is 2. The highest BCUT2D eigenvalue weighted by Gasteiger charge is 2.15. The minimum absolute atomic E-state index is 0.0470. The van der Waals surface area contributed by atoms with Crippen LogP contribution in [0.1, 0.15) is 20.9 Å². The van der Waals surface area contributed by atoms with Gasteiger partial charge in [0.1, 0.15) is 17.1 Å². The third-order valence-corrected chi connectivity index (χ3v) is 3.84. The van der Waals surface area contributed by atoms with Crippen molar-refractivity contribution in [1.82, 2.24) is 10.9 Å². The van der Waals surface area contributed by atoms with Crippen LogP contribution in [-0.2, 0) is 0 Å². The molecular weight excluding hydrogens is 360 g/mol. The maximum atomic E-state index is 12.2. The Kier molecular flexibility index (Phi) is 4.99. The van der Waals surface area contributed by atoms with Gasteiger partial charge < -0.3 is 13.9 Å². The topological polar surface area (TPSA) is 89.8 Å². The second-order valence-electron chi connectivity index (χ2n) is 5.30. The minimum Gasteiger partial charge on any atom is -0.497 e. The van der Waals surface area contributed by atoms with Crippen molar-refractivity contribution < 1.29 is 23.5 Å². The fourth-order valence-electron chi connectivity index (χ4n) is 2.31. The fraction of sp³-hybridized carbons (Fsp3) is 0.111. The molecule has 7 nitrogen and oxygen atoms in total. The number of halogens is 1. The summed E-state index contributed by atoms with van der Waals surface area (Å²) >= 11 is 5.91. The highest BCUT2D eigenvalue weighted by atomic mass is 35.5. The number of amides is 2. The average Bonchev–Trinajstić information content (AvgIpc) is 3.08. The standard InChI is InChI=1S/C18H15ClN2O5/c1-24-13-6-11(7-14(9-13)25-2)17(22)20-21-18(23)16-8-10-5-12(19)3-4-15(10)26-16/h3-9H,1-2H3,(H,20,22)(H,21,23). The Morgan fingerprint density at radius 1 is 0.923 bits per heavy atom. The molecule has 0 aliphatic carbocycles. The summed E-state index contributed by atoms with van der Waals surface area (Å²) in [5.41, 5.74) is 5.40. The number of ether oxygens (including phenoxy) is 2. The molecule has 3 rings (SSSR count). The Hall–Kier alpha value is -3.19. The number of rotatable bonds is 4. The van der Waals surface area contributed by atoms with Gasteiger partial charge in [0, 0.05) is 22.0 Å². The van der Waals surface area contributed by atoms with Gasteiger partial charge in [-0.3, -0.25) is 20.4 Å². The van der Waals surface area contributed by atoms with E-state index in [0.717, 1.165) is 0 Å². The van der Waals surface area contributed by atoms with Crippen molar-refractivity contribution in [1.29, 1.82) is 0 Å². The van der Waals surface area contributed by atoms with E-state index in [4.69, 9.17) is 25.5 Å². The van der Waals surface area contributed by atoms with E-state index in [-0.39, 0.29) is 11.3 Å². The van der Waals surface area contributed by atoms with Crippen LogP contribution in [0.15, 0.2) is 46.9 Å². The number of hydrogen-bond acceptors (Lipinski definition) is 5. The van der Waals surface area contributed by atoms with Crippen molar-refractivity contribution in [3.63, 3.8) is 0 Å². The number of hydrogen-bond donors (Lipinski definition) is 2. The first-order chi connectivity index (χ1) is 12.5. The van der Waals surface area contributed by atoms with Crippen molar-refractivity contribution in [3.8, 4) is 11.5 Å². The quantitative estimate of drug-likeness (QED) is 0.684. The van der Waals surface area contributed by atoms with Gasteiger partial charge in [0.15, 0.2) is 5.76 Å². The maximum Gasteiger partial charge on any atom is 0.305 e. The number of nitrogens with one attached hydrogen (secondary N) is 2. The fourth-order valence-corrected chi connectivity index (χ4v) is 2.49. The van der Waals surface area contributed by atoms with E-state index in [2.05, 4.69) is 10.9 Å². The summed E-state index contributed by atoms with van der Waals surface area (Å²) < 4.78 is 15.7. The van der Waals surface area contributed by atoms with Crippen molar-refractivity contribution >= 4 is 34.4 Å².